The van der Waals surface area contributed by atoms with Gasteiger partial charge in [0.2, 0.25) is 0 Å². The maximum absolute atomic E-state index is 13.3. The third-order valence-electron chi connectivity index (χ3n) is 4.79. The zero-order valence-electron chi connectivity index (χ0n) is 15.2. The van der Waals surface area contributed by atoms with E-state index in [9.17, 15) is 4.79 Å². The third kappa shape index (κ3) is 3.49. The predicted molar refractivity (Wildman–Crippen MR) is 112 cm³/mol. The van der Waals surface area contributed by atoms with Crippen molar-refractivity contribution >= 4 is 44.7 Å². The van der Waals surface area contributed by atoms with Crippen molar-refractivity contribution in [3.05, 3.63) is 36.9 Å². The van der Waals surface area contributed by atoms with E-state index >= 15 is 0 Å². The maximum Gasteiger partial charge on any atom is 0.263 e. The molecular formula is C19H23N3OS3. The standard InChI is InChI=1S/C19H23N3OS3/c1-3-4-5-9-22-18(23)16-14-7-6-8-15(14)26-17(16)21-19(22)25-11-13-10-24-12(2)20-13/h10H,3-9,11H2,1-2H3. The molecular weight excluding hydrogens is 382 g/mol. The molecule has 0 radical (unpaired) electrons. The monoisotopic (exact) mass is 405 g/mol. The van der Waals surface area contributed by atoms with Crippen LogP contribution in [0.25, 0.3) is 10.2 Å². The second kappa shape index (κ2) is 7.82. The first-order valence-corrected chi connectivity index (χ1v) is 11.9. The lowest BCUT2D eigenvalue weighted by Gasteiger charge is -2.12. The molecule has 0 saturated carbocycles. The zero-order chi connectivity index (χ0) is 18.1. The Bertz CT molecular complexity index is 986. The highest BCUT2D eigenvalue weighted by Gasteiger charge is 2.23. The van der Waals surface area contributed by atoms with Gasteiger partial charge in [0, 0.05) is 22.6 Å². The van der Waals surface area contributed by atoms with Crippen LogP contribution in [-0.4, -0.2) is 14.5 Å². The Morgan fingerprint density at radius 3 is 2.92 bits per heavy atom. The van der Waals surface area contributed by atoms with Gasteiger partial charge in [0.1, 0.15) is 4.83 Å². The molecule has 0 bridgehead atoms. The van der Waals surface area contributed by atoms with E-state index in [1.165, 1.54) is 16.9 Å². The molecule has 0 aliphatic heterocycles. The third-order valence-corrected chi connectivity index (χ3v) is 7.81. The first-order valence-electron chi connectivity index (χ1n) is 9.26. The molecule has 4 nitrogen and oxygen atoms in total. The van der Waals surface area contributed by atoms with E-state index in [0.29, 0.717) is 0 Å². The second-order valence-electron chi connectivity index (χ2n) is 6.74. The summed E-state index contributed by atoms with van der Waals surface area (Å²) < 4.78 is 1.92. The van der Waals surface area contributed by atoms with Crippen molar-refractivity contribution in [2.24, 2.45) is 0 Å². The van der Waals surface area contributed by atoms with E-state index in [4.69, 9.17) is 4.98 Å². The first kappa shape index (κ1) is 18.2. The summed E-state index contributed by atoms with van der Waals surface area (Å²) in [6.07, 6.45) is 6.63. The Balaban J connectivity index is 1.71. The van der Waals surface area contributed by atoms with Crippen LogP contribution >= 0.6 is 34.4 Å². The molecule has 0 unspecified atom stereocenters. The molecule has 0 fully saturated rings. The summed E-state index contributed by atoms with van der Waals surface area (Å²) in [6, 6.07) is 0. The molecule has 0 saturated heterocycles. The van der Waals surface area contributed by atoms with E-state index in [1.54, 1.807) is 34.4 Å². The summed E-state index contributed by atoms with van der Waals surface area (Å²) in [7, 11) is 0. The molecule has 0 aromatic carbocycles. The highest BCUT2D eigenvalue weighted by molar-refractivity contribution is 7.98. The van der Waals surface area contributed by atoms with Gasteiger partial charge in [-0.25, -0.2) is 9.97 Å². The van der Waals surface area contributed by atoms with E-state index in [-0.39, 0.29) is 5.56 Å². The number of unbranched alkanes of at least 4 members (excludes halogenated alkanes) is 2. The second-order valence-corrected chi connectivity index (χ2v) is 9.83. The van der Waals surface area contributed by atoms with Gasteiger partial charge in [0.05, 0.1) is 16.1 Å². The number of aryl methyl sites for hydroxylation is 3. The fourth-order valence-corrected chi connectivity index (χ4v) is 6.44. The SMILES string of the molecule is CCCCCn1c(SCc2csc(C)n2)nc2sc3c(c2c1=O)CCC3. The van der Waals surface area contributed by atoms with Crippen molar-refractivity contribution in [3.63, 3.8) is 0 Å². The normalized spacial score (nSPS) is 13.6. The van der Waals surface area contributed by atoms with E-state index in [0.717, 1.165) is 70.5 Å². The number of fused-ring (bicyclic) bond motifs is 3. The number of aromatic nitrogens is 3. The number of hydrogen-bond acceptors (Lipinski definition) is 6. The van der Waals surface area contributed by atoms with Gasteiger partial charge in [-0.15, -0.1) is 22.7 Å². The minimum atomic E-state index is 0.169. The fraction of sp³-hybridized carbons (Fsp3) is 0.526. The zero-order valence-corrected chi connectivity index (χ0v) is 17.7. The van der Waals surface area contributed by atoms with Crippen LogP contribution in [0.1, 0.15) is 53.7 Å². The van der Waals surface area contributed by atoms with Gasteiger partial charge in [-0.1, -0.05) is 31.5 Å². The van der Waals surface area contributed by atoms with Crippen LogP contribution in [0.15, 0.2) is 15.3 Å². The Morgan fingerprint density at radius 2 is 2.15 bits per heavy atom. The Hall–Kier alpha value is -1.18. The van der Waals surface area contributed by atoms with Crippen LogP contribution in [0, 0.1) is 6.92 Å². The summed E-state index contributed by atoms with van der Waals surface area (Å²) in [6.45, 7) is 4.98. The molecule has 7 heteroatoms. The lowest BCUT2D eigenvalue weighted by Crippen LogP contribution is -2.23. The Morgan fingerprint density at radius 1 is 1.27 bits per heavy atom. The number of nitrogens with zero attached hydrogens (tertiary/aromatic N) is 3. The first-order chi connectivity index (χ1) is 12.7. The number of rotatable bonds is 7. The summed E-state index contributed by atoms with van der Waals surface area (Å²) in [5.74, 6) is 0.765. The van der Waals surface area contributed by atoms with Crippen molar-refractivity contribution in [1.29, 1.82) is 0 Å². The minimum absolute atomic E-state index is 0.169. The van der Waals surface area contributed by atoms with Gasteiger partial charge >= 0.3 is 0 Å². The molecule has 26 heavy (non-hydrogen) atoms. The number of thiophene rings is 1. The van der Waals surface area contributed by atoms with Gasteiger partial charge in [0.15, 0.2) is 5.16 Å². The molecule has 0 amide bonds. The van der Waals surface area contributed by atoms with Crippen LogP contribution in [0.2, 0.25) is 0 Å². The van der Waals surface area contributed by atoms with E-state index in [1.807, 2.05) is 11.5 Å². The molecule has 3 aromatic heterocycles. The number of thioether (sulfide) groups is 1. The van der Waals surface area contributed by atoms with Crippen molar-refractivity contribution < 1.29 is 0 Å². The largest absolute Gasteiger partial charge is 0.287 e. The van der Waals surface area contributed by atoms with Crippen molar-refractivity contribution in [3.8, 4) is 0 Å². The molecule has 0 atom stereocenters. The van der Waals surface area contributed by atoms with Gasteiger partial charge in [-0.3, -0.25) is 9.36 Å². The molecule has 4 rings (SSSR count). The molecule has 0 spiro atoms. The highest BCUT2D eigenvalue weighted by atomic mass is 32.2. The lowest BCUT2D eigenvalue weighted by molar-refractivity contribution is 0.542. The lowest BCUT2D eigenvalue weighted by atomic mass is 10.2. The Labute approximate surface area is 165 Å². The van der Waals surface area contributed by atoms with Gasteiger partial charge < -0.3 is 0 Å². The summed E-state index contributed by atoms with van der Waals surface area (Å²) >= 11 is 5.04. The van der Waals surface area contributed by atoms with Crippen LogP contribution in [0.4, 0.5) is 0 Å². The fourth-order valence-electron chi connectivity index (χ4n) is 3.50. The van der Waals surface area contributed by atoms with Gasteiger partial charge in [-0.05, 0) is 38.2 Å². The smallest absolute Gasteiger partial charge is 0.263 e. The predicted octanol–water partition coefficient (Wildman–Crippen LogP) is 5.19. The number of hydrogen-bond donors (Lipinski definition) is 0. The van der Waals surface area contributed by atoms with E-state index in [2.05, 4.69) is 17.3 Å². The molecule has 1 aliphatic carbocycles. The topological polar surface area (TPSA) is 47.8 Å². The maximum atomic E-state index is 13.3. The van der Waals surface area contributed by atoms with Crippen molar-refractivity contribution in [2.45, 2.75) is 69.8 Å². The molecule has 3 heterocycles. The van der Waals surface area contributed by atoms with E-state index < -0.39 is 0 Å². The summed E-state index contributed by atoms with van der Waals surface area (Å²) in [4.78, 5) is 25.1. The van der Waals surface area contributed by atoms with Crippen LogP contribution in [-0.2, 0) is 25.1 Å². The summed E-state index contributed by atoms with van der Waals surface area (Å²) in [5.41, 5.74) is 2.52. The molecule has 3 aromatic rings. The average Bonchev–Trinajstić information content (AvgIpc) is 3.31. The van der Waals surface area contributed by atoms with Crippen LogP contribution in [0.3, 0.4) is 0 Å². The molecule has 1 aliphatic rings. The van der Waals surface area contributed by atoms with Gasteiger partial charge in [-0.2, -0.15) is 0 Å². The van der Waals surface area contributed by atoms with Crippen molar-refractivity contribution in [2.75, 3.05) is 0 Å². The number of thiazole rings is 1. The van der Waals surface area contributed by atoms with Crippen LogP contribution in [0.5, 0.6) is 0 Å². The van der Waals surface area contributed by atoms with Crippen molar-refractivity contribution in [1.82, 2.24) is 14.5 Å². The van der Waals surface area contributed by atoms with Crippen LogP contribution < -0.4 is 5.56 Å². The molecule has 0 N–H and O–H groups in total. The average molecular weight is 406 g/mol. The summed E-state index contributed by atoms with van der Waals surface area (Å²) in [5, 5.41) is 4.93. The van der Waals surface area contributed by atoms with Gasteiger partial charge in [0.25, 0.3) is 5.56 Å². The Kier molecular flexibility index (Phi) is 5.47. The quantitative estimate of drug-likeness (QED) is 0.308. The molecule has 138 valence electrons. The minimum Gasteiger partial charge on any atom is -0.287 e. The highest BCUT2D eigenvalue weighted by Crippen LogP contribution is 2.36.